The second kappa shape index (κ2) is 8.48. The quantitative estimate of drug-likeness (QED) is 0.750. The van der Waals surface area contributed by atoms with Crippen LogP contribution in [0.15, 0.2) is 30.3 Å². The van der Waals surface area contributed by atoms with E-state index in [4.69, 9.17) is 4.74 Å². The van der Waals surface area contributed by atoms with Crippen molar-refractivity contribution in [3.63, 3.8) is 0 Å². The van der Waals surface area contributed by atoms with Crippen molar-refractivity contribution in [2.45, 2.75) is 51.2 Å². The summed E-state index contributed by atoms with van der Waals surface area (Å²) in [4.78, 5) is 24.5. The molecule has 1 saturated carbocycles. The zero-order chi connectivity index (χ0) is 16.7. The number of carbonyl (C=O) groups is 2. The minimum atomic E-state index is -0.775. The van der Waals surface area contributed by atoms with E-state index in [1.54, 1.807) is 0 Å². The smallest absolute Gasteiger partial charge is 0.408 e. The fraction of sp³-hybridized carbons (Fsp3) is 0.556. The number of alkyl halides is 1. The van der Waals surface area contributed by atoms with Crippen molar-refractivity contribution in [3.8, 4) is 0 Å². The third-order valence-corrected chi connectivity index (χ3v) is 5.25. The molecule has 0 saturated heterocycles. The number of ketones is 1. The Hall–Kier alpha value is -1.36. The molecule has 1 aromatic carbocycles. The lowest BCUT2D eigenvalue weighted by molar-refractivity contribution is -0.124. The molecule has 0 aliphatic heterocycles. The molecular weight excluding hydrogens is 358 g/mol. The summed E-state index contributed by atoms with van der Waals surface area (Å²) in [7, 11) is 0. The fourth-order valence-corrected chi connectivity index (χ4v) is 3.67. The predicted molar refractivity (Wildman–Crippen MR) is 93.5 cm³/mol. The van der Waals surface area contributed by atoms with Crippen LogP contribution in [0.2, 0.25) is 0 Å². The number of halogens is 1. The zero-order valence-electron chi connectivity index (χ0n) is 13.5. The first-order valence-electron chi connectivity index (χ1n) is 8.18. The summed E-state index contributed by atoms with van der Waals surface area (Å²) in [6, 6.07) is 9.52. The van der Waals surface area contributed by atoms with Gasteiger partial charge in [-0.3, -0.25) is 4.79 Å². The molecule has 23 heavy (non-hydrogen) atoms. The Morgan fingerprint density at radius 1 is 1.26 bits per heavy atom. The molecule has 126 valence electrons. The molecule has 1 aromatic rings. The molecule has 1 amide bonds. The van der Waals surface area contributed by atoms with Crippen LogP contribution in [0.1, 0.15) is 44.6 Å². The number of ether oxygens (including phenoxy) is 1. The molecule has 1 N–H and O–H groups in total. The summed E-state index contributed by atoms with van der Waals surface area (Å²) in [6.45, 7) is 2.38. The van der Waals surface area contributed by atoms with Gasteiger partial charge in [-0.2, -0.15) is 0 Å². The highest BCUT2D eigenvalue weighted by Crippen LogP contribution is 2.35. The maximum absolute atomic E-state index is 12.4. The third kappa shape index (κ3) is 4.80. The van der Waals surface area contributed by atoms with E-state index in [0.29, 0.717) is 18.8 Å². The molecule has 1 aliphatic carbocycles. The minimum Gasteiger partial charge on any atom is -0.445 e. The minimum absolute atomic E-state index is 0.0312. The first-order chi connectivity index (χ1) is 11.1. The van der Waals surface area contributed by atoms with Crippen molar-refractivity contribution in [2.75, 3.05) is 5.33 Å². The van der Waals surface area contributed by atoms with Gasteiger partial charge in [-0.05, 0) is 37.2 Å². The van der Waals surface area contributed by atoms with E-state index in [0.717, 1.165) is 24.8 Å². The van der Waals surface area contributed by atoms with Gasteiger partial charge in [-0.1, -0.05) is 59.6 Å². The predicted octanol–water partition coefficient (Wildman–Crippen LogP) is 4.22. The number of amides is 1. The molecule has 0 atom stereocenters. The third-order valence-electron chi connectivity index (χ3n) is 4.75. The Morgan fingerprint density at radius 3 is 2.48 bits per heavy atom. The van der Waals surface area contributed by atoms with E-state index in [9.17, 15) is 9.59 Å². The lowest BCUT2D eigenvalue weighted by Crippen LogP contribution is -2.57. The van der Waals surface area contributed by atoms with Gasteiger partial charge in [0.25, 0.3) is 0 Å². The van der Waals surface area contributed by atoms with Crippen molar-refractivity contribution in [1.82, 2.24) is 5.32 Å². The molecule has 0 spiro atoms. The van der Waals surface area contributed by atoms with Gasteiger partial charge in [0.2, 0.25) is 0 Å². The lowest BCUT2D eigenvalue weighted by Gasteiger charge is -2.38. The molecule has 4 nitrogen and oxygen atoms in total. The van der Waals surface area contributed by atoms with Crippen molar-refractivity contribution in [1.29, 1.82) is 0 Å². The van der Waals surface area contributed by atoms with E-state index >= 15 is 0 Å². The van der Waals surface area contributed by atoms with Crippen LogP contribution < -0.4 is 5.32 Å². The largest absolute Gasteiger partial charge is 0.445 e. The first kappa shape index (κ1) is 18.0. The highest BCUT2D eigenvalue weighted by atomic mass is 79.9. The molecule has 0 heterocycles. The molecular formula is C18H24BrNO3. The fourth-order valence-electron chi connectivity index (χ4n) is 3.13. The number of carbonyl (C=O) groups excluding carboxylic acids is 2. The molecule has 0 unspecified atom stereocenters. The Morgan fingerprint density at radius 2 is 1.91 bits per heavy atom. The highest BCUT2D eigenvalue weighted by Gasteiger charge is 2.42. The van der Waals surface area contributed by atoms with Crippen LogP contribution >= 0.6 is 15.9 Å². The van der Waals surface area contributed by atoms with Crippen LogP contribution in [0.25, 0.3) is 0 Å². The van der Waals surface area contributed by atoms with Crippen LogP contribution in [0.4, 0.5) is 4.79 Å². The molecule has 5 heteroatoms. The Bertz CT molecular complexity index is 524. The molecule has 1 aliphatic rings. The molecule has 0 radical (unpaired) electrons. The maximum Gasteiger partial charge on any atom is 0.408 e. The number of rotatable bonds is 6. The number of benzene rings is 1. The lowest BCUT2D eigenvalue weighted by atomic mass is 9.74. The Balaban J connectivity index is 1.95. The van der Waals surface area contributed by atoms with Crippen LogP contribution in [0.5, 0.6) is 0 Å². The molecule has 2 rings (SSSR count). The number of hydrogen-bond acceptors (Lipinski definition) is 3. The first-order valence-corrected chi connectivity index (χ1v) is 9.30. The summed E-state index contributed by atoms with van der Waals surface area (Å²) in [5.74, 6) is 0.678. The highest BCUT2D eigenvalue weighted by molar-refractivity contribution is 9.09. The van der Waals surface area contributed by atoms with Crippen LogP contribution in [-0.4, -0.2) is 22.7 Å². The molecule has 1 fully saturated rings. The number of Topliss-reactive ketones (excluding diaryl/α,β-unsaturated/α-hetero) is 1. The van der Waals surface area contributed by atoms with Gasteiger partial charge in [0.1, 0.15) is 12.1 Å². The van der Waals surface area contributed by atoms with Crippen LogP contribution in [0, 0.1) is 5.92 Å². The van der Waals surface area contributed by atoms with E-state index in [2.05, 4.69) is 28.2 Å². The summed E-state index contributed by atoms with van der Waals surface area (Å²) >= 11 is 3.24. The Kier molecular flexibility index (Phi) is 6.63. The molecule has 0 aromatic heterocycles. The monoisotopic (exact) mass is 381 g/mol. The van der Waals surface area contributed by atoms with Crippen molar-refractivity contribution in [2.24, 2.45) is 5.92 Å². The SMILES string of the molecule is CCC1CCC(NC(=O)OCc2ccccc2)(C(=O)CBr)CC1. The second-order valence-corrected chi connectivity index (χ2v) is 6.74. The number of nitrogens with one attached hydrogen (secondary N) is 1. The zero-order valence-corrected chi connectivity index (χ0v) is 15.1. The van der Waals surface area contributed by atoms with E-state index < -0.39 is 11.6 Å². The van der Waals surface area contributed by atoms with E-state index in [1.165, 1.54) is 0 Å². The summed E-state index contributed by atoms with van der Waals surface area (Å²) in [6.07, 6.45) is 3.92. The maximum atomic E-state index is 12.4. The normalized spacial score (nSPS) is 24.0. The van der Waals surface area contributed by atoms with E-state index in [1.807, 2.05) is 30.3 Å². The van der Waals surface area contributed by atoms with Gasteiger partial charge in [0.05, 0.1) is 5.33 Å². The van der Waals surface area contributed by atoms with Gasteiger partial charge in [0.15, 0.2) is 5.78 Å². The second-order valence-electron chi connectivity index (χ2n) is 6.18. The number of alkyl carbamates (subject to hydrolysis) is 1. The summed E-state index contributed by atoms with van der Waals surface area (Å²) in [5.41, 5.74) is 0.154. The molecule has 0 bridgehead atoms. The summed E-state index contributed by atoms with van der Waals surface area (Å²) in [5, 5.41) is 3.11. The van der Waals surface area contributed by atoms with Gasteiger partial charge in [0, 0.05) is 0 Å². The van der Waals surface area contributed by atoms with Crippen molar-refractivity contribution >= 4 is 27.8 Å². The summed E-state index contributed by atoms with van der Waals surface area (Å²) < 4.78 is 5.29. The van der Waals surface area contributed by atoms with Gasteiger partial charge >= 0.3 is 6.09 Å². The van der Waals surface area contributed by atoms with Crippen molar-refractivity contribution < 1.29 is 14.3 Å². The van der Waals surface area contributed by atoms with Gasteiger partial charge in [-0.25, -0.2) is 4.79 Å². The average molecular weight is 382 g/mol. The van der Waals surface area contributed by atoms with Crippen molar-refractivity contribution in [3.05, 3.63) is 35.9 Å². The van der Waals surface area contributed by atoms with Crippen LogP contribution in [-0.2, 0) is 16.1 Å². The standard InChI is InChI=1S/C18H24BrNO3/c1-2-14-8-10-18(11-9-14,16(21)12-19)20-17(22)23-13-15-6-4-3-5-7-15/h3-7,14H,2,8-13H2,1H3,(H,20,22). The average Bonchev–Trinajstić information content (AvgIpc) is 2.60. The Labute approximate surface area is 146 Å². The van der Waals surface area contributed by atoms with E-state index in [-0.39, 0.29) is 17.7 Å². The van der Waals surface area contributed by atoms with Crippen LogP contribution in [0.3, 0.4) is 0 Å². The van der Waals surface area contributed by atoms with Gasteiger partial charge in [-0.15, -0.1) is 0 Å². The number of hydrogen-bond donors (Lipinski definition) is 1. The van der Waals surface area contributed by atoms with Gasteiger partial charge < -0.3 is 10.1 Å². The topological polar surface area (TPSA) is 55.4 Å².